The van der Waals surface area contributed by atoms with Crippen LogP contribution >= 0.6 is 24.0 Å². The van der Waals surface area contributed by atoms with Crippen LogP contribution in [0.25, 0.3) is 11.0 Å². The Hall–Kier alpha value is -2.02. The zero-order chi connectivity index (χ0) is 15.9. The van der Waals surface area contributed by atoms with Crippen molar-refractivity contribution in [2.75, 3.05) is 13.6 Å². The van der Waals surface area contributed by atoms with Crippen molar-refractivity contribution in [3.8, 4) is 0 Å². The molecule has 2 N–H and O–H groups in total. The Morgan fingerprint density at radius 2 is 1.75 bits per heavy atom. The molecule has 0 saturated carbocycles. The zero-order valence-corrected chi connectivity index (χ0v) is 16.0. The Kier molecular flexibility index (Phi) is 7.11. The molecule has 1 heterocycles. The highest BCUT2D eigenvalue weighted by Gasteiger charge is 2.03. The third kappa shape index (κ3) is 4.99. The largest absolute Gasteiger partial charge is 0.461 e. The Bertz CT molecular complexity index is 750. The lowest BCUT2D eigenvalue weighted by molar-refractivity contribution is 0.544. The van der Waals surface area contributed by atoms with Crippen LogP contribution in [0.2, 0.25) is 0 Å². The van der Waals surface area contributed by atoms with Crippen molar-refractivity contribution in [3.05, 3.63) is 72.0 Å². The predicted octanol–water partition coefficient (Wildman–Crippen LogP) is 3.96. The number of nitrogens with zero attached hydrogens (tertiary/aromatic N) is 1. The Morgan fingerprint density at radius 1 is 1.00 bits per heavy atom. The van der Waals surface area contributed by atoms with Crippen LogP contribution in [-0.2, 0) is 13.0 Å². The van der Waals surface area contributed by atoms with Crippen molar-refractivity contribution in [1.29, 1.82) is 0 Å². The molecule has 0 spiro atoms. The van der Waals surface area contributed by atoms with Gasteiger partial charge in [0, 0.05) is 31.9 Å². The molecule has 3 rings (SSSR count). The first-order chi connectivity index (χ1) is 11.3. The molecule has 0 fully saturated rings. The number of hydrogen-bond acceptors (Lipinski definition) is 2. The second-order valence-electron chi connectivity index (χ2n) is 5.34. The number of aliphatic imine (C=N–C) groups is 1. The highest BCUT2D eigenvalue weighted by Crippen LogP contribution is 2.18. The predicted molar refractivity (Wildman–Crippen MR) is 110 cm³/mol. The summed E-state index contributed by atoms with van der Waals surface area (Å²) in [5, 5.41) is 7.77. The van der Waals surface area contributed by atoms with E-state index in [1.165, 1.54) is 5.56 Å². The maximum atomic E-state index is 5.81. The van der Waals surface area contributed by atoms with Gasteiger partial charge in [-0.2, -0.15) is 0 Å². The number of benzene rings is 2. The van der Waals surface area contributed by atoms with E-state index in [4.69, 9.17) is 4.42 Å². The van der Waals surface area contributed by atoms with E-state index in [2.05, 4.69) is 39.9 Å². The molecule has 24 heavy (non-hydrogen) atoms. The summed E-state index contributed by atoms with van der Waals surface area (Å²) in [6.07, 6.45) is 0.820. The van der Waals surface area contributed by atoms with Gasteiger partial charge in [-0.1, -0.05) is 48.5 Å². The van der Waals surface area contributed by atoms with Crippen molar-refractivity contribution in [1.82, 2.24) is 10.6 Å². The summed E-state index contributed by atoms with van der Waals surface area (Å²) in [5.41, 5.74) is 2.17. The highest BCUT2D eigenvalue weighted by atomic mass is 127. The van der Waals surface area contributed by atoms with Gasteiger partial charge in [-0.15, -0.1) is 24.0 Å². The molecule has 0 radical (unpaired) electrons. The molecule has 0 amide bonds. The van der Waals surface area contributed by atoms with Gasteiger partial charge in [0.25, 0.3) is 0 Å². The molecule has 2 aromatic carbocycles. The average molecular weight is 435 g/mol. The maximum Gasteiger partial charge on any atom is 0.191 e. The van der Waals surface area contributed by atoms with Crippen LogP contribution < -0.4 is 10.6 Å². The topological polar surface area (TPSA) is 49.6 Å². The first-order valence-corrected chi connectivity index (χ1v) is 7.81. The highest BCUT2D eigenvalue weighted by molar-refractivity contribution is 14.0. The molecule has 0 unspecified atom stereocenters. The third-order valence-corrected chi connectivity index (χ3v) is 3.67. The lowest BCUT2D eigenvalue weighted by Gasteiger charge is -2.11. The lowest BCUT2D eigenvalue weighted by Crippen LogP contribution is -2.37. The summed E-state index contributed by atoms with van der Waals surface area (Å²) in [6, 6.07) is 20.4. The molecule has 3 aromatic rings. The molecule has 1 aromatic heterocycles. The molecule has 0 aliphatic carbocycles. The number of rotatable bonds is 5. The van der Waals surface area contributed by atoms with Crippen LogP contribution in [0.4, 0.5) is 0 Å². The fraction of sp³-hybridized carbons (Fsp3) is 0.211. The SMILES string of the molecule is CN=C(NCCc1cc2ccccc2o1)NCc1ccccc1.I. The Labute approximate surface area is 159 Å². The van der Waals surface area contributed by atoms with E-state index >= 15 is 0 Å². The van der Waals surface area contributed by atoms with Crippen LogP contribution in [0.1, 0.15) is 11.3 Å². The first kappa shape index (κ1) is 18.3. The molecule has 0 aliphatic heterocycles. The minimum Gasteiger partial charge on any atom is -0.461 e. The number of hydrogen-bond donors (Lipinski definition) is 2. The molecule has 0 bridgehead atoms. The summed E-state index contributed by atoms with van der Waals surface area (Å²) in [6.45, 7) is 1.53. The first-order valence-electron chi connectivity index (χ1n) is 7.81. The summed E-state index contributed by atoms with van der Waals surface area (Å²) in [5.74, 6) is 1.78. The van der Waals surface area contributed by atoms with Crippen LogP contribution in [-0.4, -0.2) is 19.6 Å². The second-order valence-corrected chi connectivity index (χ2v) is 5.34. The van der Waals surface area contributed by atoms with Gasteiger partial charge >= 0.3 is 0 Å². The van der Waals surface area contributed by atoms with Gasteiger partial charge in [0.2, 0.25) is 0 Å². The number of halogens is 1. The van der Waals surface area contributed by atoms with E-state index in [0.717, 1.165) is 42.2 Å². The van der Waals surface area contributed by atoms with Crippen molar-refractivity contribution >= 4 is 40.9 Å². The number of para-hydroxylation sites is 1. The molecule has 0 atom stereocenters. The molecule has 4 nitrogen and oxygen atoms in total. The van der Waals surface area contributed by atoms with Crippen LogP contribution in [0.5, 0.6) is 0 Å². The summed E-state index contributed by atoms with van der Waals surface area (Å²) in [7, 11) is 1.78. The van der Waals surface area contributed by atoms with E-state index in [0.29, 0.717) is 0 Å². The van der Waals surface area contributed by atoms with Crippen LogP contribution in [0.15, 0.2) is 70.1 Å². The van der Waals surface area contributed by atoms with E-state index in [-0.39, 0.29) is 24.0 Å². The zero-order valence-electron chi connectivity index (χ0n) is 13.7. The molecule has 126 valence electrons. The summed E-state index contributed by atoms with van der Waals surface area (Å²) < 4.78 is 5.81. The fourth-order valence-electron chi connectivity index (χ4n) is 2.47. The normalized spacial score (nSPS) is 11.1. The van der Waals surface area contributed by atoms with Gasteiger partial charge in [-0.05, 0) is 17.7 Å². The number of fused-ring (bicyclic) bond motifs is 1. The van der Waals surface area contributed by atoms with E-state index in [1.807, 2.05) is 36.4 Å². The number of guanidine groups is 1. The standard InChI is InChI=1S/C19H21N3O.HI/c1-20-19(22-14-15-7-3-2-4-8-15)21-12-11-17-13-16-9-5-6-10-18(16)23-17;/h2-10,13H,11-12,14H2,1H3,(H2,20,21,22);1H. The van der Waals surface area contributed by atoms with Gasteiger partial charge in [0.05, 0.1) is 0 Å². The van der Waals surface area contributed by atoms with Crippen molar-refractivity contribution in [2.24, 2.45) is 4.99 Å². The average Bonchev–Trinajstić information content (AvgIpc) is 3.01. The smallest absolute Gasteiger partial charge is 0.191 e. The van der Waals surface area contributed by atoms with Gasteiger partial charge in [0.15, 0.2) is 5.96 Å². The molecular formula is C19H22IN3O. The summed E-state index contributed by atoms with van der Waals surface area (Å²) >= 11 is 0. The Morgan fingerprint density at radius 3 is 2.50 bits per heavy atom. The minimum absolute atomic E-state index is 0. The monoisotopic (exact) mass is 435 g/mol. The quantitative estimate of drug-likeness (QED) is 0.363. The van der Waals surface area contributed by atoms with Gasteiger partial charge in [-0.3, -0.25) is 4.99 Å². The van der Waals surface area contributed by atoms with Gasteiger partial charge < -0.3 is 15.1 Å². The van der Waals surface area contributed by atoms with Crippen LogP contribution in [0.3, 0.4) is 0 Å². The van der Waals surface area contributed by atoms with Crippen molar-refractivity contribution in [2.45, 2.75) is 13.0 Å². The van der Waals surface area contributed by atoms with E-state index < -0.39 is 0 Å². The Balaban J connectivity index is 0.00000208. The van der Waals surface area contributed by atoms with Gasteiger partial charge in [0.1, 0.15) is 11.3 Å². The van der Waals surface area contributed by atoms with Crippen LogP contribution in [0, 0.1) is 0 Å². The fourth-order valence-corrected chi connectivity index (χ4v) is 2.47. The third-order valence-electron chi connectivity index (χ3n) is 3.67. The minimum atomic E-state index is 0. The molecule has 0 aliphatic rings. The lowest BCUT2D eigenvalue weighted by atomic mass is 10.2. The number of furan rings is 1. The van der Waals surface area contributed by atoms with E-state index in [9.17, 15) is 0 Å². The van der Waals surface area contributed by atoms with Gasteiger partial charge in [-0.25, -0.2) is 0 Å². The second kappa shape index (κ2) is 9.32. The molecule has 5 heteroatoms. The number of nitrogens with one attached hydrogen (secondary N) is 2. The maximum absolute atomic E-state index is 5.81. The van der Waals surface area contributed by atoms with E-state index in [1.54, 1.807) is 7.05 Å². The van der Waals surface area contributed by atoms with Crippen molar-refractivity contribution in [3.63, 3.8) is 0 Å². The van der Waals surface area contributed by atoms with Crippen molar-refractivity contribution < 1.29 is 4.42 Å². The summed E-state index contributed by atoms with van der Waals surface area (Å²) in [4.78, 5) is 4.24. The molecular weight excluding hydrogens is 413 g/mol. The molecule has 0 saturated heterocycles.